The Kier molecular flexibility index (Phi) is 2.59. The van der Waals surface area contributed by atoms with Crippen molar-refractivity contribution in [2.45, 2.75) is 18.6 Å². The molecule has 1 fully saturated rings. The van der Waals surface area contributed by atoms with Crippen LogP contribution in [-0.2, 0) is 4.74 Å². The molecule has 0 N–H and O–H groups in total. The van der Waals surface area contributed by atoms with Gasteiger partial charge in [-0.05, 0) is 36.8 Å². The van der Waals surface area contributed by atoms with Crippen molar-refractivity contribution in [1.29, 1.82) is 0 Å². The maximum Gasteiger partial charge on any atom is 0.123 e. The first kappa shape index (κ1) is 12.5. The number of nitrogens with zero attached hydrogens (tertiary/aromatic N) is 3. The molecule has 0 saturated carbocycles. The summed E-state index contributed by atoms with van der Waals surface area (Å²) in [5, 5.41) is 8.50. The van der Waals surface area contributed by atoms with E-state index in [4.69, 9.17) is 4.74 Å². The molecule has 0 aliphatic carbocycles. The molecule has 0 unspecified atom stereocenters. The fourth-order valence-electron chi connectivity index (χ4n) is 2.75. The molecule has 0 spiro atoms. The van der Waals surface area contributed by atoms with Crippen molar-refractivity contribution >= 4 is 11.0 Å². The van der Waals surface area contributed by atoms with Gasteiger partial charge in [0.1, 0.15) is 23.0 Å². The average Bonchev–Trinajstić information content (AvgIpc) is 3.10. The number of hydrogen-bond acceptors (Lipinski definition) is 3. The highest BCUT2D eigenvalue weighted by Gasteiger charge is 2.49. The molecule has 1 aliphatic rings. The molecule has 1 aromatic heterocycles. The van der Waals surface area contributed by atoms with Gasteiger partial charge < -0.3 is 4.74 Å². The van der Waals surface area contributed by atoms with Crippen molar-refractivity contribution in [2.75, 3.05) is 6.61 Å². The lowest BCUT2D eigenvalue weighted by molar-refractivity contribution is 0.252. The molecule has 0 bridgehead atoms. The van der Waals surface area contributed by atoms with E-state index < -0.39 is 0 Å². The molecule has 21 heavy (non-hydrogen) atoms. The summed E-state index contributed by atoms with van der Waals surface area (Å²) in [6.07, 6.45) is 0. The zero-order valence-corrected chi connectivity index (χ0v) is 11.5. The largest absolute Gasteiger partial charge is 0.367 e. The topological polar surface area (TPSA) is 43.2 Å². The zero-order valence-electron chi connectivity index (χ0n) is 11.5. The summed E-state index contributed by atoms with van der Waals surface area (Å²) < 4.78 is 20.7. The maximum absolute atomic E-state index is 13.2. The monoisotopic (exact) mass is 283 g/mol. The standard InChI is InChI=1S/C16H14FN3O/c1-16(10-21-16)15(11-6-8-12(17)9-7-11)20-14-5-3-2-4-13(14)18-19-20/h2-9,15H,10H2,1H3/t15-,16+/m1/s1. The van der Waals surface area contributed by atoms with Gasteiger partial charge in [-0.15, -0.1) is 5.10 Å². The van der Waals surface area contributed by atoms with Gasteiger partial charge in [0.05, 0.1) is 12.1 Å². The predicted molar refractivity (Wildman–Crippen MR) is 76.4 cm³/mol. The van der Waals surface area contributed by atoms with Crippen LogP contribution in [0, 0.1) is 5.82 Å². The molecule has 0 amide bonds. The minimum absolute atomic E-state index is 0.120. The third-order valence-corrected chi connectivity index (χ3v) is 3.99. The second-order valence-corrected chi connectivity index (χ2v) is 5.58. The Morgan fingerprint density at radius 1 is 1.19 bits per heavy atom. The summed E-state index contributed by atoms with van der Waals surface area (Å²) in [5.41, 5.74) is 2.43. The van der Waals surface area contributed by atoms with Gasteiger partial charge in [0.25, 0.3) is 0 Å². The van der Waals surface area contributed by atoms with Crippen molar-refractivity contribution in [3.8, 4) is 0 Å². The molecule has 0 radical (unpaired) electrons. The Hall–Kier alpha value is -2.27. The van der Waals surface area contributed by atoms with Gasteiger partial charge in [-0.2, -0.15) is 0 Å². The summed E-state index contributed by atoms with van der Waals surface area (Å²) in [5.74, 6) is -0.247. The Morgan fingerprint density at radius 3 is 2.62 bits per heavy atom. The van der Waals surface area contributed by atoms with Crippen molar-refractivity contribution in [3.05, 3.63) is 59.9 Å². The van der Waals surface area contributed by atoms with E-state index in [1.807, 2.05) is 35.9 Å². The first-order chi connectivity index (χ1) is 10.2. The average molecular weight is 283 g/mol. The summed E-state index contributed by atoms with van der Waals surface area (Å²) in [4.78, 5) is 0. The van der Waals surface area contributed by atoms with Gasteiger partial charge in [-0.25, -0.2) is 9.07 Å². The SMILES string of the molecule is C[C@@]1([C@@H](c2ccc(F)cc2)n2nnc3ccccc32)CO1. The van der Waals surface area contributed by atoms with Gasteiger partial charge in [-0.1, -0.05) is 29.5 Å². The van der Waals surface area contributed by atoms with E-state index in [-0.39, 0.29) is 17.5 Å². The quantitative estimate of drug-likeness (QED) is 0.694. The lowest BCUT2D eigenvalue weighted by Gasteiger charge is -2.22. The van der Waals surface area contributed by atoms with Crippen LogP contribution >= 0.6 is 0 Å². The minimum Gasteiger partial charge on any atom is -0.367 e. The normalized spacial score (nSPS) is 22.4. The highest BCUT2D eigenvalue weighted by Crippen LogP contribution is 2.42. The number of hydrogen-bond donors (Lipinski definition) is 0. The van der Waals surface area contributed by atoms with Crippen LogP contribution in [0.25, 0.3) is 11.0 Å². The number of epoxide rings is 1. The number of benzene rings is 2. The van der Waals surface area contributed by atoms with Crippen LogP contribution in [0.2, 0.25) is 0 Å². The summed E-state index contributed by atoms with van der Waals surface area (Å²) >= 11 is 0. The Bertz CT molecular complexity index is 793. The van der Waals surface area contributed by atoms with Crippen molar-refractivity contribution in [1.82, 2.24) is 15.0 Å². The molecule has 2 atom stereocenters. The number of ether oxygens (including phenoxy) is 1. The molecule has 1 aliphatic heterocycles. The number of fused-ring (bicyclic) bond motifs is 1. The molecule has 5 heteroatoms. The van der Waals surface area contributed by atoms with Gasteiger partial charge in [0.15, 0.2) is 0 Å². The van der Waals surface area contributed by atoms with Crippen LogP contribution in [0.4, 0.5) is 4.39 Å². The maximum atomic E-state index is 13.2. The minimum atomic E-state index is -0.325. The molecule has 4 rings (SSSR count). The third-order valence-electron chi connectivity index (χ3n) is 3.99. The van der Waals surface area contributed by atoms with Crippen LogP contribution in [0.15, 0.2) is 48.5 Å². The van der Waals surface area contributed by atoms with Crippen LogP contribution in [-0.4, -0.2) is 27.2 Å². The molecular weight excluding hydrogens is 269 g/mol. The number of halogens is 1. The van der Waals surface area contributed by atoms with E-state index in [9.17, 15) is 4.39 Å². The van der Waals surface area contributed by atoms with Gasteiger partial charge >= 0.3 is 0 Å². The molecule has 3 aromatic rings. The van der Waals surface area contributed by atoms with Gasteiger partial charge in [-0.3, -0.25) is 0 Å². The van der Waals surface area contributed by atoms with Crippen molar-refractivity contribution < 1.29 is 9.13 Å². The van der Waals surface area contributed by atoms with Crippen molar-refractivity contribution in [3.63, 3.8) is 0 Å². The molecule has 1 saturated heterocycles. The van der Waals surface area contributed by atoms with Crippen LogP contribution < -0.4 is 0 Å². The van der Waals surface area contributed by atoms with E-state index in [0.29, 0.717) is 6.61 Å². The molecule has 4 nitrogen and oxygen atoms in total. The molecular formula is C16H14FN3O. The van der Waals surface area contributed by atoms with E-state index >= 15 is 0 Å². The number of rotatable bonds is 3. The molecule has 2 aromatic carbocycles. The van der Waals surface area contributed by atoms with Crippen molar-refractivity contribution in [2.24, 2.45) is 0 Å². The first-order valence-corrected chi connectivity index (χ1v) is 6.87. The highest BCUT2D eigenvalue weighted by atomic mass is 19.1. The number of para-hydroxylation sites is 1. The van der Waals surface area contributed by atoms with Crippen LogP contribution in [0.1, 0.15) is 18.5 Å². The summed E-state index contributed by atoms with van der Waals surface area (Å²) in [7, 11) is 0. The van der Waals surface area contributed by atoms with E-state index in [0.717, 1.165) is 16.6 Å². The zero-order chi connectivity index (χ0) is 14.4. The summed E-state index contributed by atoms with van der Waals surface area (Å²) in [6, 6.07) is 14.2. The third kappa shape index (κ3) is 2.01. The van der Waals surface area contributed by atoms with E-state index in [1.54, 1.807) is 12.1 Å². The second kappa shape index (κ2) is 4.36. The molecule has 2 heterocycles. The Balaban J connectivity index is 1.89. The summed E-state index contributed by atoms with van der Waals surface area (Å²) in [6.45, 7) is 2.70. The number of aromatic nitrogens is 3. The first-order valence-electron chi connectivity index (χ1n) is 6.87. The van der Waals surface area contributed by atoms with Gasteiger partial charge in [0.2, 0.25) is 0 Å². The van der Waals surface area contributed by atoms with Gasteiger partial charge in [0, 0.05) is 0 Å². The van der Waals surface area contributed by atoms with E-state index in [2.05, 4.69) is 10.3 Å². The predicted octanol–water partition coefficient (Wildman–Crippen LogP) is 2.95. The van der Waals surface area contributed by atoms with Crippen LogP contribution in [0.5, 0.6) is 0 Å². The van der Waals surface area contributed by atoms with Crippen LogP contribution in [0.3, 0.4) is 0 Å². The Morgan fingerprint density at radius 2 is 1.90 bits per heavy atom. The highest BCUT2D eigenvalue weighted by molar-refractivity contribution is 5.74. The lowest BCUT2D eigenvalue weighted by Crippen LogP contribution is -2.27. The Labute approximate surface area is 121 Å². The fraction of sp³-hybridized carbons (Fsp3) is 0.250. The fourth-order valence-corrected chi connectivity index (χ4v) is 2.75. The smallest absolute Gasteiger partial charge is 0.123 e. The van der Waals surface area contributed by atoms with E-state index in [1.165, 1.54) is 12.1 Å². The second-order valence-electron chi connectivity index (χ2n) is 5.58. The molecule has 106 valence electrons. The lowest BCUT2D eigenvalue weighted by atomic mass is 9.95.